The highest BCUT2D eigenvalue weighted by atomic mass is 16.5. The Balaban J connectivity index is 2.14. The fraction of sp³-hybridized carbons (Fsp3) is 0.632. The Morgan fingerprint density at radius 3 is 2.29 bits per heavy atom. The number of rotatable bonds is 6. The van der Waals surface area contributed by atoms with Gasteiger partial charge in [-0.05, 0) is 50.9 Å². The topological polar surface area (TPSA) is 62.9 Å². The second-order valence-electron chi connectivity index (χ2n) is 6.72. The van der Waals surface area contributed by atoms with Crippen molar-refractivity contribution in [2.24, 2.45) is 10.7 Å². The number of nitrogens with two attached hydrogens (primary N) is 1. The molecule has 0 aliphatic carbocycles. The molecule has 0 saturated carbocycles. The second kappa shape index (κ2) is 8.49. The molecular formula is C19H32N4O. The number of nitrogens with one attached hydrogen (secondary N) is 1. The van der Waals surface area contributed by atoms with E-state index in [9.17, 15) is 0 Å². The summed E-state index contributed by atoms with van der Waals surface area (Å²) in [5.74, 6) is 0.498. The third kappa shape index (κ3) is 4.28. The van der Waals surface area contributed by atoms with E-state index in [0.717, 1.165) is 44.6 Å². The van der Waals surface area contributed by atoms with E-state index in [-0.39, 0.29) is 5.54 Å². The minimum atomic E-state index is 0.0441. The van der Waals surface area contributed by atoms with E-state index in [4.69, 9.17) is 10.5 Å². The fourth-order valence-electron chi connectivity index (χ4n) is 3.30. The van der Waals surface area contributed by atoms with Crippen LogP contribution in [0.15, 0.2) is 23.2 Å². The van der Waals surface area contributed by atoms with Crippen molar-refractivity contribution >= 4 is 11.6 Å². The van der Waals surface area contributed by atoms with E-state index in [1.807, 2.05) is 0 Å². The van der Waals surface area contributed by atoms with Crippen LogP contribution in [0.5, 0.6) is 0 Å². The molecule has 0 amide bonds. The molecule has 134 valence electrons. The van der Waals surface area contributed by atoms with Crippen molar-refractivity contribution in [3.63, 3.8) is 0 Å². The zero-order valence-electron chi connectivity index (χ0n) is 15.6. The van der Waals surface area contributed by atoms with E-state index in [1.54, 1.807) is 0 Å². The summed E-state index contributed by atoms with van der Waals surface area (Å²) in [4.78, 5) is 6.94. The van der Waals surface area contributed by atoms with Crippen LogP contribution in [0.3, 0.4) is 0 Å². The monoisotopic (exact) mass is 332 g/mol. The quantitative estimate of drug-likeness (QED) is 0.621. The van der Waals surface area contributed by atoms with Crippen molar-refractivity contribution in [3.8, 4) is 0 Å². The van der Waals surface area contributed by atoms with Crippen molar-refractivity contribution in [3.05, 3.63) is 29.3 Å². The van der Waals surface area contributed by atoms with E-state index in [0.29, 0.717) is 12.5 Å². The average molecular weight is 332 g/mol. The number of hydrogen-bond donors (Lipinski definition) is 2. The highest BCUT2D eigenvalue weighted by Gasteiger charge is 2.34. The van der Waals surface area contributed by atoms with Gasteiger partial charge in [-0.1, -0.05) is 32.0 Å². The van der Waals surface area contributed by atoms with E-state index >= 15 is 0 Å². The SMILES string of the molecule is CCc1cccc(CC)c1NC(N)=NCC1(N(C)C)CCOCC1. The molecule has 0 aromatic heterocycles. The number of likely N-dealkylation sites (N-methyl/N-ethyl adjacent to an activating group) is 1. The lowest BCUT2D eigenvalue weighted by molar-refractivity contribution is -0.00249. The summed E-state index contributed by atoms with van der Waals surface area (Å²) >= 11 is 0. The Morgan fingerprint density at radius 1 is 1.21 bits per heavy atom. The first-order valence-corrected chi connectivity index (χ1v) is 8.95. The molecule has 2 rings (SSSR count). The van der Waals surface area contributed by atoms with Crippen molar-refractivity contribution in [1.82, 2.24) is 4.90 Å². The number of ether oxygens (including phenoxy) is 1. The van der Waals surface area contributed by atoms with Gasteiger partial charge in [0.1, 0.15) is 0 Å². The van der Waals surface area contributed by atoms with Crippen molar-refractivity contribution in [2.45, 2.75) is 45.1 Å². The number of anilines is 1. The zero-order valence-corrected chi connectivity index (χ0v) is 15.6. The van der Waals surface area contributed by atoms with Crippen LogP contribution in [0, 0.1) is 0 Å². The van der Waals surface area contributed by atoms with Gasteiger partial charge in [0.15, 0.2) is 5.96 Å². The predicted molar refractivity (Wildman–Crippen MR) is 102 cm³/mol. The number of nitrogens with zero attached hydrogens (tertiary/aromatic N) is 2. The molecule has 24 heavy (non-hydrogen) atoms. The van der Waals surface area contributed by atoms with Gasteiger partial charge in [0.05, 0.1) is 6.54 Å². The van der Waals surface area contributed by atoms with E-state index in [1.165, 1.54) is 11.1 Å². The van der Waals surface area contributed by atoms with Gasteiger partial charge in [-0.15, -0.1) is 0 Å². The maximum Gasteiger partial charge on any atom is 0.193 e. The van der Waals surface area contributed by atoms with Crippen molar-refractivity contribution in [2.75, 3.05) is 39.2 Å². The lowest BCUT2D eigenvalue weighted by Crippen LogP contribution is -2.51. The Kier molecular flexibility index (Phi) is 6.63. The Morgan fingerprint density at radius 2 is 1.79 bits per heavy atom. The molecule has 1 aliphatic rings. The smallest absolute Gasteiger partial charge is 0.193 e. The summed E-state index contributed by atoms with van der Waals surface area (Å²) in [5, 5.41) is 3.35. The minimum Gasteiger partial charge on any atom is -0.381 e. The third-order valence-corrected chi connectivity index (χ3v) is 5.17. The first-order valence-electron chi connectivity index (χ1n) is 8.95. The van der Waals surface area contributed by atoms with Crippen LogP contribution in [0.4, 0.5) is 5.69 Å². The molecule has 1 fully saturated rings. The summed E-state index contributed by atoms with van der Waals surface area (Å²) in [5.41, 5.74) is 9.94. The normalized spacial score (nSPS) is 18.0. The van der Waals surface area contributed by atoms with Crippen LogP contribution >= 0.6 is 0 Å². The summed E-state index contributed by atoms with van der Waals surface area (Å²) in [7, 11) is 4.23. The summed E-state index contributed by atoms with van der Waals surface area (Å²) in [6, 6.07) is 6.41. The van der Waals surface area contributed by atoms with Crippen LogP contribution < -0.4 is 11.1 Å². The van der Waals surface area contributed by atoms with Crippen LogP contribution in [-0.2, 0) is 17.6 Å². The number of hydrogen-bond acceptors (Lipinski definition) is 3. The molecule has 0 bridgehead atoms. The van der Waals surface area contributed by atoms with Gasteiger partial charge in [0.25, 0.3) is 0 Å². The number of aliphatic imine (C=N–C) groups is 1. The molecule has 5 heteroatoms. The zero-order chi connectivity index (χ0) is 17.6. The van der Waals surface area contributed by atoms with Gasteiger partial charge in [0, 0.05) is 24.4 Å². The maximum absolute atomic E-state index is 6.22. The number of benzene rings is 1. The third-order valence-electron chi connectivity index (χ3n) is 5.17. The Bertz CT molecular complexity index is 540. The molecule has 1 saturated heterocycles. The molecule has 5 nitrogen and oxygen atoms in total. The van der Waals surface area contributed by atoms with Crippen LogP contribution in [0.1, 0.15) is 37.8 Å². The van der Waals surface area contributed by atoms with Gasteiger partial charge >= 0.3 is 0 Å². The van der Waals surface area contributed by atoms with Crippen molar-refractivity contribution < 1.29 is 4.74 Å². The van der Waals surface area contributed by atoms with Gasteiger partial charge in [0.2, 0.25) is 0 Å². The molecule has 1 aliphatic heterocycles. The second-order valence-corrected chi connectivity index (χ2v) is 6.72. The molecule has 0 radical (unpaired) electrons. The predicted octanol–water partition coefficient (Wildman–Crippen LogP) is 2.65. The largest absolute Gasteiger partial charge is 0.381 e. The van der Waals surface area contributed by atoms with Gasteiger partial charge < -0.3 is 20.7 Å². The summed E-state index contributed by atoms with van der Waals surface area (Å²) < 4.78 is 5.52. The lowest BCUT2D eigenvalue weighted by Gasteiger charge is -2.41. The first kappa shape index (κ1) is 18.7. The first-order chi connectivity index (χ1) is 11.5. The molecule has 1 heterocycles. The van der Waals surface area contributed by atoms with E-state index in [2.05, 4.69) is 61.4 Å². The average Bonchev–Trinajstić information content (AvgIpc) is 2.60. The summed E-state index contributed by atoms with van der Waals surface area (Å²) in [6.45, 7) is 6.60. The Labute approximate surface area is 146 Å². The molecule has 0 unspecified atom stereocenters. The molecule has 1 aromatic carbocycles. The van der Waals surface area contributed by atoms with Crippen LogP contribution in [0.25, 0.3) is 0 Å². The number of aryl methyl sites for hydroxylation is 2. The fourth-order valence-corrected chi connectivity index (χ4v) is 3.30. The standard InChI is InChI=1S/C19H32N4O/c1-5-15-8-7-9-16(6-2)17(15)22-18(20)21-14-19(23(3)4)10-12-24-13-11-19/h7-9H,5-6,10-14H2,1-4H3,(H3,20,21,22). The molecule has 0 atom stereocenters. The lowest BCUT2D eigenvalue weighted by atomic mass is 9.89. The van der Waals surface area contributed by atoms with Crippen molar-refractivity contribution in [1.29, 1.82) is 0 Å². The molecule has 1 aromatic rings. The van der Waals surface area contributed by atoms with Crippen LogP contribution in [0.2, 0.25) is 0 Å². The van der Waals surface area contributed by atoms with Gasteiger partial charge in [-0.3, -0.25) is 4.99 Å². The number of para-hydroxylation sites is 1. The minimum absolute atomic E-state index is 0.0441. The summed E-state index contributed by atoms with van der Waals surface area (Å²) in [6.07, 6.45) is 3.93. The van der Waals surface area contributed by atoms with Crippen LogP contribution in [-0.4, -0.2) is 50.3 Å². The van der Waals surface area contributed by atoms with Gasteiger partial charge in [-0.2, -0.15) is 0 Å². The highest BCUT2D eigenvalue weighted by Crippen LogP contribution is 2.26. The molecular weight excluding hydrogens is 300 g/mol. The number of guanidine groups is 1. The molecule has 0 spiro atoms. The highest BCUT2D eigenvalue weighted by molar-refractivity contribution is 5.93. The van der Waals surface area contributed by atoms with Gasteiger partial charge in [-0.25, -0.2) is 0 Å². The Hall–Kier alpha value is -1.59. The maximum atomic E-state index is 6.22. The molecule has 3 N–H and O–H groups in total. The van der Waals surface area contributed by atoms with E-state index < -0.39 is 0 Å².